The fourth-order valence-corrected chi connectivity index (χ4v) is 1.55. The minimum atomic E-state index is 0.391. The van der Waals surface area contributed by atoms with Gasteiger partial charge in [0.25, 0.3) is 0 Å². The van der Waals surface area contributed by atoms with Crippen LogP contribution in [0.3, 0.4) is 0 Å². The molecule has 0 bridgehead atoms. The highest BCUT2D eigenvalue weighted by Gasteiger charge is 2.24. The smallest absolute Gasteiger partial charge is 0.106 e. The van der Waals surface area contributed by atoms with Gasteiger partial charge < -0.3 is 4.74 Å². The molecule has 1 aliphatic heterocycles. The molecule has 0 N–H and O–H groups in total. The third-order valence-electron chi connectivity index (χ3n) is 1.80. The summed E-state index contributed by atoms with van der Waals surface area (Å²) in [5.41, 5.74) is 1.32. The number of thioether (sulfide) groups is 1. The maximum atomic E-state index is 5.18. The van der Waals surface area contributed by atoms with Crippen LogP contribution in [-0.4, -0.2) is 12.9 Å². The van der Waals surface area contributed by atoms with Gasteiger partial charge in [-0.15, -0.1) is 11.8 Å². The maximum Gasteiger partial charge on any atom is 0.106 e. The number of epoxide rings is 1. The van der Waals surface area contributed by atoms with Crippen LogP contribution in [0.2, 0.25) is 0 Å². The Labute approximate surface area is 70.8 Å². The van der Waals surface area contributed by atoms with Gasteiger partial charge in [-0.3, -0.25) is 0 Å². The van der Waals surface area contributed by atoms with E-state index in [9.17, 15) is 0 Å². The van der Waals surface area contributed by atoms with Crippen molar-refractivity contribution < 1.29 is 4.74 Å². The van der Waals surface area contributed by atoms with Crippen LogP contribution in [0.1, 0.15) is 11.7 Å². The van der Waals surface area contributed by atoms with E-state index in [1.807, 2.05) is 0 Å². The highest BCUT2D eigenvalue weighted by molar-refractivity contribution is 7.98. The highest BCUT2D eigenvalue weighted by atomic mass is 32.2. The molecule has 1 nitrogen and oxygen atoms in total. The van der Waals surface area contributed by atoms with Crippen LogP contribution < -0.4 is 0 Å². The van der Waals surface area contributed by atoms with E-state index in [1.165, 1.54) is 10.5 Å². The summed E-state index contributed by atoms with van der Waals surface area (Å²) in [5, 5.41) is 0. The van der Waals surface area contributed by atoms with E-state index in [0.717, 1.165) is 6.61 Å². The van der Waals surface area contributed by atoms with Crippen molar-refractivity contribution in [3.8, 4) is 0 Å². The lowest BCUT2D eigenvalue weighted by molar-refractivity contribution is 0.415. The lowest BCUT2D eigenvalue weighted by atomic mass is 10.2. The van der Waals surface area contributed by atoms with Gasteiger partial charge in [-0.2, -0.15) is 0 Å². The van der Waals surface area contributed by atoms with Gasteiger partial charge >= 0.3 is 0 Å². The summed E-state index contributed by atoms with van der Waals surface area (Å²) >= 11 is 1.77. The molecular weight excluding hydrogens is 156 g/mol. The average Bonchev–Trinajstić information content (AvgIpc) is 2.87. The van der Waals surface area contributed by atoms with E-state index in [-0.39, 0.29) is 0 Å². The minimum Gasteiger partial charge on any atom is -0.368 e. The van der Waals surface area contributed by atoms with Gasteiger partial charge in [0.1, 0.15) is 6.10 Å². The second kappa shape index (κ2) is 2.88. The lowest BCUT2D eigenvalue weighted by Crippen LogP contribution is -1.79. The summed E-state index contributed by atoms with van der Waals surface area (Å²) in [5.74, 6) is 0. The van der Waals surface area contributed by atoms with Crippen molar-refractivity contribution in [2.45, 2.75) is 11.0 Å². The molecule has 0 unspecified atom stereocenters. The first-order valence-electron chi connectivity index (χ1n) is 3.66. The van der Waals surface area contributed by atoms with Crippen LogP contribution in [0, 0.1) is 0 Å². The average molecular weight is 166 g/mol. The Morgan fingerprint density at radius 2 is 2.36 bits per heavy atom. The fourth-order valence-electron chi connectivity index (χ4n) is 1.08. The first-order valence-corrected chi connectivity index (χ1v) is 4.88. The Hall–Kier alpha value is -0.470. The third kappa shape index (κ3) is 1.57. The fraction of sp³-hybridized carbons (Fsp3) is 0.333. The molecule has 0 radical (unpaired) electrons. The second-order valence-corrected chi connectivity index (χ2v) is 3.48. The molecule has 0 spiro atoms. The molecule has 1 aromatic carbocycles. The summed E-state index contributed by atoms with van der Waals surface area (Å²) in [6.45, 7) is 0.901. The zero-order valence-corrected chi connectivity index (χ0v) is 7.23. The van der Waals surface area contributed by atoms with Crippen LogP contribution >= 0.6 is 11.8 Å². The van der Waals surface area contributed by atoms with Gasteiger partial charge in [0, 0.05) is 4.90 Å². The molecule has 0 saturated carbocycles. The van der Waals surface area contributed by atoms with Gasteiger partial charge in [-0.05, 0) is 24.0 Å². The predicted molar refractivity (Wildman–Crippen MR) is 46.9 cm³/mol. The van der Waals surface area contributed by atoms with Crippen molar-refractivity contribution in [3.05, 3.63) is 29.8 Å². The van der Waals surface area contributed by atoms with Gasteiger partial charge in [-0.25, -0.2) is 0 Å². The van der Waals surface area contributed by atoms with Crippen molar-refractivity contribution in [1.29, 1.82) is 0 Å². The van der Waals surface area contributed by atoms with Crippen molar-refractivity contribution in [1.82, 2.24) is 0 Å². The van der Waals surface area contributed by atoms with Crippen molar-refractivity contribution in [3.63, 3.8) is 0 Å². The predicted octanol–water partition coefficient (Wildman–Crippen LogP) is 2.48. The van der Waals surface area contributed by atoms with Gasteiger partial charge in [0.15, 0.2) is 0 Å². The normalized spacial score (nSPS) is 21.7. The third-order valence-corrected chi connectivity index (χ3v) is 2.52. The molecule has 58 valence electrons. The molecule has 1 fully saturated rings. The molecule has 1 aliphatic rings. The summed E-state index contributed by atoms with van der Waals surface area (Å²) in [6.07, 6.45) is 2.48. The maximum absolute atomic E-state index is 5.18. The number of hydrogen-bond donors (Lipinski definition) is 0. The van der Waals surface area contributed by atoms with Crippen molar-refractivity contribution in [2.75, 3.05) is 12.9 Å². The molecule has 0 aromatic heterocycles. The Balaban J connectivity index is 2.26. The number of rotatable bonds is 2. The minimum absolute atomic E-state index is 0.391. The van der Waals surface area contributed by atoms with Gasteiger partial charge in [-0.1, -0.05) is 12.1 Å². The van der Waals surface area contributed by atoms with E-state index in [1.54, 1.807) is 11.8 Å². The van der Waals surface area contributed by atoms with E-state index < -0.39 is 0 Å². The monoisotopic (exact) mass is 166 g/mol. The Bertz CT molecular complexity index is 255. The summed E-state index contributed by atoms with van der Waals surface area (Å²) < 4.78 is 5.18. The topological polar surface area (TPSA) is 12.5 Å². The zero-order chi connectivity index (χ0) is 7.68. The standard InChI is InChI=1S/C9H10OS/c1-11-8-4-2-3-7(5-8)9-6-10-9/h2-5,9H,6H2,1H3/t9-/m0/s1. The van der Waals surface area contributed by atoms with Crippen LogP contribution in [-0.2, 0) is 4.74 Å². The van der Waals surface area contributed by atoms with Crippen LogP contribution in [0.5, 0.6) is 0 Å². The Morgan fingerprint density at radius 1 is 1.55 bits per heavy atom. The molecule has 1 heterocycles. The molecule has 0 amide bonds. The molecule has 1 atom stereocenters. The van der Waals surface area contributed by atoms with Crippen molar-refractivity contribution in [2.24, 2.45) is 0 Å². The Kier molecular flexibility index (Phi) is 1.88. The SMILES string of the molecule is CSc1cccc([C@@H]2CO2)c1. The molecule has 11 heavy (non-hydrogen) atoms. The quantitative estimate of drug-likeness (QED) is 0.494. The van der Waals surface area contributed by atoms with Gasteiger partial charge in [0.2, 0.25) is 0 Å². The molecule has 0 aliphatic carbocycles. The number of benzene rings is 1. The van der Waals surface area contributed by atoms with Crippen LogP contribution in [0.15, 0.2) is 29.2 Å². The number of hydrogen-bond acceptors (Lipinski definition) is 2. The van der Waals surface area contributed by atoms with Crippen molar-refractivity contribution >= 4 is 11.8 Å². The second-order valence-electron chi connectivity index (χ2n) is 2.60. The van der Waals surface area contributed by atoms with Crippen LogP contribution in [0.4, 0.5) is 0 Å². The zero-order valence-electron chi connectivity index (χ0n) is 6.41. The first-order chi connectivity index (χ1) is 5.40. The molecule has 2 heteroatoms. The largest absolute Gasteiger partial charge is 0.368 e. The number of ether oxygens (including phenoxy) is 1. The molecule has 2 rings (SSSR count). The summed E-state index contributed by atoms with van der Waals surface area (Å²) in [6, 6.07) is 8.53. The van der Waals surface area contributed by atoms with E-state index >= 15 is 0 Å². The van der Waals surface area contributed by atoms with Gasteiger partial charge in [0.05, 0.1) is 6.61 Å². The first kappa shape index (κ1) is 7.19. The van der Waals surface area contributed by atoms with E-state index in [0.29, 0.717) is 6.10 Å². The molecular formula is C9H10OS. The van der Waals surface area contributed by atoms with E-state index in [4.69, 9.17) is 4.74 Å². The molecule has 1 saturated heterocycles. The molecule has 1 aromatic rings. The Morgan fingerprint density at radius 3 is 3.00 bits per heavy atom. The van der Waals surface area contributed by atoms with E-state index in [2.05, 4.69) is 30.5 Å². The summed E-state index contributed by atoms with van der Waals surface area (Å²) in [4.78, 5) is 1.32. The highest BCUT2D eigenvalue weighted by Crippen LogP contribution is 2.31. The summed E-state index contributed by atoms with van der Waals surface area (Å²) in [7, 11) is 0. The van der Waals surface area contributed by atoms with Crippen LogP contribution in [0.25, 0.3) is 0 Å². The lowest BCUT2D eigenvalue weighted by Gasteiger charge is -1.98.